The summed E-state index contributed by atoms with van der Waals surface area (Å²) in [5.74, 6) is 1.05. The predicted octanol–water partition coefficient (Wildman–Crippen LogP) is 2.24. The number of nitrogens with zero attached hydrogens (tertiary/aromatic N) is 2. The number of aryl methyl sites for hydroxylation is 1. The monoisotopic (exact) mass is 263 g/mol. The molecule has 1 aliphatic rings. The maximum atomic E-state index is 5.89. The lowest BCUT2D eigenvalue weighted by atomic mass is 10.1. The van der Waals surface area contributed by atoms with Gasteiger partial charge in [-0.1, -0.05) is 13.0 Å². The third-order valence-electron chi connectivity index (χ3n) is 3.55. The standard InChI is InChI=1S/C15H25N3O/c1-3-9-19-14-5-4-8-18(11-14)15-13(10-16)7-6-12(2)17-15/h6-7,14H,3-5,8-11,16H2,1-2H3. The quantitative estimate of drug-likeness (QED) is 0.885. The SMILES string of the molecule is CCCOC1CCCN(c2nc(C)ccc2CN)C1. The molecule has 1 fully saturated rings. The topological polar surface area (TPSA) is 51.4 Å². The third-order valence-corrected chi connectivity index (χ3v) is 3.55. The van der Waals surface area contributed by atoms with Gasteiger partial charge in [-0.15, -0.1) is 0 Å². The van der Waals surface area contributed by atoms with Gasteiger partial charge in [-0.05, 0) is 32.3 Å². The molecule has 1 aromatic heterocycles. The molecule has 0 radical (unpaired) electrons. The van der Waals surface area contributed by atoms with Gasteiger partial charge in [0.1, 0.15) is 5.82 Å². The number of ether oxygens (including phenoxy) is 1. The molecule has 0 aliphatic carbocycles. The van der Waals surface area contributed by atoms with Crippen LogP contribution in [0.1, 0.15) is 37.4 Å². The fourth-order valence-corrected chi connectivity index (χ4v) is 2.56. The first kappa shape index (κ1) is 14.3. The van der Waals surface area contributed by atoms with Crippen LogP contribution in [0.4, 0.5) is 5.82 Å². The van der Waals surface area contributed by atoms with Gasteiger partial charge in [0, 0.05) is 37.5 Å². The number of hydrogen-bond donors (Lipinski definition) is 1. The molecule has 2 rings (SSSR count). The molecule has 2 N–H and O–H groups in total. The molecule has 0 amide bonds. The Morgan fingerprint density at radius 1 is 1.47 bits per heavy atom. The minimum Gasteiger partial charge on any atom is -0.376 e. The Hall–Kier alpha value is -1.13. The van der Waals surface area contributed by atoms with E-state index in [9.17, 15) is 0 Å². The van der Waals surface area contributed by atoms with Crippen molar-refractivity contribution in [2.75, 3.05) is 24.6 Å². The molecule has 1 unspecified atom stereocenters. The summed E-state index contributed by atoms with van der Waals surface area (Å²) in [7, 11) is 0. The van der Waals surface area contributed by atoms with E-state index in [2.05, 4.69) is 22.9 Å². The molecule has 1 atom stereocenters. The summed E-state index contributed by atoms with van der Waals surface area (Å²) in [5, 5.41) is 0. The van der Waals surface area contributed by atoms with E-state index in [1.165, 1.54) is 0 Å². The second-order valence-corrected chi connectivity index (χ2v) is 5.22. The molecule has 1 aliphatic heterocycles. The van der Waals surface area contributed by atoms with E-state index in [1.807, 2.05) is 13.0 Å². The van der Waals surface area contributed by atoms with E-state index < -0.39 is 0 Å². The fourth-order valence-electron chi connectivity index (χ4n) is 2.56. The Morgan fingerprint density at radius 3 is 3.05 bits per heavy atom. The van der Waals surface area contributed by atoms with E-state index in [-0.39, 0.29) is 0 Å². The van der Waals surface area contributed by atoms with Crippen LogP contribution >= 0.6 is 0 Å². The molecule has 1 aromatic rings. The number of rotatable bonds is 5. The Balaban J connectivity index is 2.10. The molecule has 4 heteroatoms. The largest absolute Gasteiger partial charge is 0.376 e. The highest BCUT2D eigenvalue weighted by atomic mass is 16.5. The average molecular weight is 263 g/mol. The maximum Gasteiger partial charge on any atom is 0.133 e. The van der Waals surface area contributed by atoms with Crippen molar-refractivity contribution >= 4 is 5.82 Å². The first-order chi connectivity index (χ1) is 9.24. The number of aromatic nitrogens is 1. The van der Waals surface area contributed by atoms with Crippen molar-refractivity contribution < 1.29 is 4.74 Å². The number of nitrogens with two attached hydrogens (primary N) is 1. The lowest BCUT2D eigenvalue weighted by molar-refractivity contribution is 0.0439. The van der Waals surface area contributed by atoms with E-state index >= 15 is 0 Å². The van der Waals surface area contributed by atoms with Crippen LogP contribution in [-0.4, -0.2) is 30.8 Å². The van der Waals surface area contributed by atoms with Gasteiger partial charge in [-0.25, -0.2) is 4.98 Å². The van der Waals surface area contributed by atoms with Crippen LogP contribution in [0, 0.1) is 6.92 Å². The zero-order chi connectivity index (χ0) is 13.7. The lowest BCUT2D eigenvalue weighted by Gasteiger charge is -2.34. The molecule has 0 saturated carbocycles. The van der Waals surface area contributed by atoms with Gasteiger partial charge in [-0.3, -0.25) is 0 Å². The summed E-state index contributed by atoms with van der Waals surface area (Å²) in [5.41, 5.74) is 8.00. The van der Waals surface area contributed by atoms with Gasteiger partial charge in [0.2, 0.25) is 0 Å². The summed E-state index contributed by atoms with van der Waals surface area (Å²) >= 11 is 0. The van der Waals surface area contributed by atoms with E-state index in [0.29, 0.717) is 12.6 Å². The first-order valence-corrected chi connectivity index (χ1v) is 7.27. The molecule has 106 valence electrons. The second kappa shape index (κ2) is 6.87. The Kier molecular flexibility index (Phi) is 5.16. The minimum absolute atomic E-state index is 0.335. The Labute approximate surface area is 116 Å². The lowest BCUT2D eigenvalue weighted by Crippen LogP contribution is -2.41. The molecular weight excluding hydrogens is 238 g/mol. The van der Waals surface area contributed by atoms with Crippen LogP contribution in [0.5, 0.6) is 0 Å². The zero-order valence-electron chi connectivity index (χ0n) is 12.1. The molecular formula is C15H25N3O. The molecule has 0 spiro atoms. The maximum absolute atomic E-state index is 5.89. The van der Waals surface area contributed by atoms with Crippen molar-refractivity contribution in [2.24, 2.45) is 5.73 Å². The van der Waals surface area contributed by atoms with Crippen LogP contribution in [0.15, 0.2) is 12.1 Å². The second-order valence-electron chi connectivity index (χ2n) is 5.22. The van der Waals surface area contributed by atoms with Gasteiger partial charge in [0.15, 0.2) is 0 Å². The number of anilines is 1. The molecule has 4 nitrogen and oxygen atoms in total. The fraction of sp³-hybridized carbons (Fsp3) is 0.667. The summed E-state index contributed by atoms with van der Waals surface area (Å²) in [4.78, 5) is 7.01. The van der Waals surface area contributed by atoms with Gasteiger partial charge < -0.3 is 15.4 Å². The Morgan fingerprint density at radius 2 is 2.32 bits per heavy atom. The first-order valence-electron chi connectivity index (χ1n) is 7.27. The minimum atomic E-state index is 0.335. The number of piperidine rings is 1. The number of hydrogen-bond acceptors (Lipinski definition) is 4. The molecule has 19 heavy (non-hydrogen) atoms. The van der Waals surface area contributed by atoms with Crippen molar-refractivity contribution in [1.82, 2.24) is 4.98 Å². The van der Waals surface area contributed by atoms with E-state index in [4.69, 9.17) is 10.5 Å². The average Bonchev–Trinajstić information content (AvgIpc) is 2.45. The van der Waals surface area contributed by atoms with Crippen LogP contribution in [-0.2, 0) is 11.3 Å². The van der Waals surface area contributed by atoms with Crippen molar-refractivity contribution in [3.05, 3.63) is 23.4 Å². The molecule has 0 aromatic carbocycles. The van der Waals surface area contributed by atoms with Crippen LogP contribution in [0.3, 0.4) is 0 Å². The highest BCUT2D eigenvalue weighted by Gasteiger charge is 2.22. The van der Waals surface area contributed by atoms with Crippen molar-refractivity contribution in [3.63, 3.8) is 0 Å². The number of pyridine rings is 1. The summed E-state index contributed by atoms with van der Waals surface area (Å²) in [6, 6.07) is 4.12. The highest BCUT2D eigenvalue weighted by molar-refractivity contribution is 5.48. The zero-order valence-corrected chi connectivity index (χ0v) is 12.1. The van der Waals surface area contributed by atoms with E-state index in [1.54, 1.807) is 0 Å². The third kappa shape index (κ3) is 3.67. The van der Waals surface area contributed by atoms with Crippen LogP contribution in [0.25, 0.3) is 0 Å². The molecule has 2 heterocycles. The van der Waals surface area contributed by atoms with Crippen LogP contribution < -0.4 is 10.6 Å². The normalized spacial score (nSPS) is 19.7. The van der Waals surface area contributed by atoms with Gasteiger partial charge >= 0.3 is 0 Å². The van der Waals surface area contributed by atoms with Gasteiger partial charge in [-0.2, -0.15) is 0 Å². The van der Waals surface area contributed by atoms with Crippen molar-refractivity contribution in [1.29, 1.82) is 0 Å². The summed E-state index contributed by atoms with van der Waals surface area (Å²) in [6.07, 6.45) is 3.73. The predicted molar refractivity (Wildman–Crippen MR) is 78.3 cm³/mol. The smallest absolute Gasteiger partial charge is 0.133 e. The van der Waals surface area contributed by atoms with E-state index in [0.717, 1.165) is 56.0 Å². The van der Waals surface area contributed by atoms with Gasteiger partial charge in [0.25, 0.3) is 0 Å². The van der Waals surface area contributed by atoms with Crippen LogP contribution in [0.2, 0.25) is 0 Å². The van der Waals surface area contributed by atoms with Gasteiger partial charge in [0.05, 0.1) is 6.10 Å². The summed E-state index contributed by atoms with van der Waals surface area (Å²) in [6.45, 7) is 7.55. The van der Waals surface area contributed by atoms with Crippen molar-refractivity contribution in [2.45, 2.75) is 45.8 Å². The molecule has 0 bridgehead atoms. The summed E-state index contributed by atoms with van der Waals surface area (Å²) < 4.78 is 5.89. The highest BCUT2D eigenvalue weighted by Crippen LogP contribution is 2.23. The van der Waals surface area contributed by atoms with Crippen molar-refractivity contribution in [3.8, 4) is 0 Å². The Bertz CT molecular complexity index is 408. The molecule has 1 saturated heterocycles.